The number of benzene rings is 2. The Labute approximate surface area is 162 Å². The fourth-order valence-electron chi connectivity index (χ4n) is 2.42. The van der Waals surface area contributed by atoms with Gasteiger partial charge in [-0.25, -0.2) is 13.5 Å². The largest absolute Gasteiger partial charge is 0.483 e. The van der Waals surface area contributed by atoms with Gasteiger partial charge in [0.15, 0.2) is 17.4 Å². The van der Waals surface area contributed by atoms with Crippen molar-refractivity contribution in [2.45, 2.75) is 13.3 Å². The number of nitrogens with zero attached hydrogens (tertiary/aromatic N) is 2. The molecule has 29 heavy (non-hydrogen) atoms. The lowest BCUT2D eigenvalue weighted by atomic mass is 10.1. The quantitative estimate of drug-likeness (QED) is 0.475. The zero-order valence-electron chi connectivity index (χ0n) is 15.1. The van der Waals surface area contributed by atoms with E-state index in [1.54, 1.807) is 6.20 Å². The average Bonchev–Trinajstić information content (AvgIpc) is 3.14. The summed E-state index contributed by atoms with van der Waals surface area (Å²) >= 11 is 0. The van der Waals surface area contributed by atoms with E-state index in [4.69, 9.17) is 9.47 Å². The van der Waals surface area contributed by atoms with Gasteiger partial charge in [0.2, 0.25) is 11.6 Å². The highest BCUT2D eigenvalue weighted by atomic mass is 19.2. The number of amides is 1. The van der Waals surface area contributed by atoms with Crippen molar-refractivity contribution < 1.29 is 31.8 Å². The second kappa shape index (κ2) is 8.74. The summed E-state index contributed by atoms with van der Waals surface area (Å²) in [4.78, 5) is 12.2. The summed E-state index contributed by atoms with van der Waals surface area (Å²) in [5.74, 6) is -7.89. The molecule has 6 nitrogen and oxygen atoms in total. The molecule has 0 unspecified atom stereocenters. The van der Waals surface area contributed by atoms with Gasteiger partial charge >= 0.3 is 0 Å². The molecule has 0 saturated heterocycles. The topological polar surface area (TPSA) is 65.4 Å². The normalized spacial score (nSPS) is 10.8. The fourth-order valence-corrected chi connectivity index (χ4v) is 2.42. The number of rotatable bonds is 7. The van der Waals surface area contributed by atoms with E-state index in [0.29, 0.717) is 16.8 Å². The molecular formula is C19H15F4N3O3. The number of hydrogen-bond acceptors (Lipinski definition) is 4. The molecule has 0 spiro atoms. The predicted octanol–water partition coefficient (Wildman–Crippen LogP) is 3.87. The predicted molar refractivity (Wildman–Crippen MR) is 94.2 cm³/mol. The molecule has 0 aliphatic carbocycles. The smallest absolute Gasteiger partial charge is 0.255 e. The minimum atomic E-state index is -1.62. The molecule has 1 heterocycles. The van der Waals surface area contributed by atoms with Crippen LogP contribution in [0, 0.1) is 23.3 Å². The highest BCUT2D eigenvalue weighted by Gasteiger charge is 2.20. The molecule has 1 aromatic heterocycles. The molecule has 0 bridgehead atoms. The minimum Gasteiger partial charge on any atom is -0.483 e. The Bertz CT molecular complexity index is 996. The number of anilines is 1. The Balaban J connectivity index is 1.64. The Morgan fingerprint density at radius 2 is 1.76 bits per heavy atom. The number of carbonyl (C=O) groups is 1. The van der Waals surface area contributed by atoms with Crippen molar-refractivity contribution in [3.8, 4) is 5.75 Å². The number of nitrogens with one attached hydrogen (secondary N) is 1. The van der Waals surface area contributed by atoms with E-state index in [2.05, 4.69) is 10.4 Å². The number of halogens is 4. The number of hydrogen-bond donors (Lipinski definition) is 1. The second-order valence-corrected chi connectivity index (χ2v) is 5.92. The average molecular weight is 409 g/mol. The number of ether oxygens (including phenoxy) is 2. The summed E-state index contributed by atoms with van der Waals surface area (Å²) in [6.45, 7) is -0.122. The van der Waals surface area contributed by atoms with Gasteiger partial charge < -0.3 is 14.8 Å². The molecule has 0 saturated carbocycles. The summed E-state index contributed by atoms with van der Waals surface area (Å²) in [5.41, 5.74) is 1.21. The minimum absolute atomic E-state index is 0.101. The van der Waals surface area contributed by atoms with Crippen LogP contribution in [0.3, 0.4) is 0 Å². The Hall–Kier alpha value is -3.40. The SMILES string of the molecule is COCn1cc(NC(=O)c2ccc(COc3c(F)c(F)cc(F)c3F)cc2)cn1. The molecular weight excluding hydrogens is 394 g/mol. The van der Waals surface area contributed by atoms with Crippen LogP contribution in [0.5, 0.6) is 5.75 Å². The molecule has 0 atom stereocenters. The Morgan fingerprint density at radius 1 is 1.10 bits per heavy atom. The maximum atomic E-state index is 13.6. The molecule has 152 valence electrons. The third kappa shape index (κ3) is 4.72. The lowest BCUT2D eigenvalue weighted by Gasteiger charge is -2.10. The highest BCUT2D eigenvalue weighted by molar-refractivity contribution is 6.04. The lowest BCUT2D eigenvalue weighted by Crippen LogP contribution is -2.11. The van der Waals surface area contributed by atoms with Gasteiger partial charge in [-0.05, 0) is 17.7 Å². The van der Waals surface area contributed by atoms with Gasteiger partial charge in [-0.1, -0.05) is 12.1 Å². The van der Waals surface area contributed by atoms with Crippen molar-refractivity contribution in [3.63, 3.8) is 0 Å². The van der Waals surface area contributed by atoms with E-state index in [9.17, 15) is 22.4 Å². The fraction of sp³-hybridized carbons (Fsp3) is 0.158. The third-order valence-corrected chi connectivity index (χ3v) is 3.82. The van der Waals surface area contributed by atoms with E-state index < -0.39 is 34.9 Å². The van der Waals surface area contributed by atoms with Gasteiger partial charge in [0.1, 0.15) is 13.3 Å². The van der Waals surface area contributed by atoms with Gasteiger partial charge in [-0.15, -0.1) is 0 Å². The first-order chi connectivity index (χ1) is 13.9. The third-order valence-electron chi connectivity index (χ3n) is 3.82. The van der Waals surface area contributed by atoms with Crippen LogP contribution in [-0.4, -0.2) is 22.8 Å². The maximum absolute atomic E-state index is 13.6. The molecule has 2 aromatic carbocycles. The Morgan fingerprint density at radius 3 is 2.38 bits per heavy atom. The van der Waals surface area contributed by atoms with Crippen molar-refractivity contribution in [2.24, 2.45) is 0 Å². The molecule has 1 amide bonds. The van der Waals surface area contributed by atoms with Crippen LogP contribution in [0.2, 0.25) is 0 Å². The van der Waals surface area contributed by atoms with Crippen LogP contribution < -0.4 is 10.1 Å². The molecule has 0 aliphatic rings. The van der Waals surface area contributed by atoms with Crippen LogP contribution in [0.25, 0.3) is 0 Å². The number of methoxy groups -OCH3 is 1. The van der Waals surface area contributed by atoms with Gasteiger partial charge in [-0.2, -0.15) is 13.9 Å². The molecule has 3 aromatic rings. The monoisotopic (exact) mass is 409 g/mol. The maximum Gasteiger partial charge on any atom is 0.255 e. The van der Waals surface area contributed by atoms with Crippen LogP contribution in [0.15, 0.2) is 42.7 Å². The van der Waals surface area contributed by atoms with Crippen LogP contribution in [0.4, 0.5) is 23.2 Å². The molecule has 0 fully saturated rings. The summed E-state index contributed by atoms with van der Waals surface area (Å²) in [7, 11) is 1.51. The molecule has 1 N–H and O–H groups in total. The van der Waals surface area contributed by atoms with E-state index in [1.165, 1.54) is 42.3 Å². The van der Waals surface area contributed by atoms with Crippen molar-refractivity contribution in [1.82, 2.24) is 9.78 Å². The molecule has 3 rings (SSSR count). The summed E-state index contributed by atoms with van der Waals surface area (Å²) in [5, 5.41) is 6.64. The zero-order valence-corrected chi connectivity index (χ0v) is 15.1. The highest BCUT2D eigenvalue weighted by Crippen LogP contribution is 2.27. The van der Waals surface area contributed by atoms with Crippen molar-refractivity contribution >= 4 is 11.6 Å². The van der Waals surface area contributed by atoms with Gasteiger partial charge in [0.05, 0.1) is 18.1 Å². The van der Waals surface area contributed by atoms with Gasteiger partial charge in [-0.3, -0.25) is 4.79 Å². The van der Waals surface area contributed by atoms with Crippen LogP contribution >= 0.6 is 0 Å². The summed E-state index contributed by atoms with van der Waals surface area (Å²) in [6.07, 6.45) is 3.05. The van der Waals surface area contributed by atoms with Crippen LogP contribution in [-0.2, 0) is 18.1 Å². The van der Waals surface area contributed by atoms with Gasteiger partial charge in [0, 0.05) is 18.7 Å². The van der Waals surface area contributed by atoms with E-state index in [0.717, 1.165) is 0 Å². The van der Waals surface area contributed by atoms with Crippen molar-refractivity contribution in [1.29, 1.82) is 0 Å². The lowest BCUT2D eigenvalue weighted by molar-refractivity contribution is 0.102. The standard InChI is InChI=1S/C19H15F4N3O3/c1-28-10-26-8-13(7-24-26)25-19(27)12-4-2-11(3-5-12)9-29-18-16(22)14(20)6-15(21)17(18)23/h2-8H,9-10H2,1H3,(H,25,27). The Kier molecular flexibility index (Phi) is 6.13. The first kappa shape index (κ1) is 20.3. The number of aromatic nitrogens is 2. The molecule has 0 aliphatic heterocycles. The first-order valence-electron chi connectivity index (χ1n) is 8.26. The van der Waals surface area contributed by atoms with Crippen molar-refractivity contribution in [2.75, 3.05) is 12.4 Å². The van der Waals surface area contributed by atoms with E-state index >= 15 is 0 Å². The summed E-state index contributed by atoms with van der Waals surface area (Å²) < 4.78 is 64.9. The van der Waals surface area contributed by atoms with Gasteiger partial charge in [0.25, 0.3) is 5.91 Å². The van der Waals surface area contributed by atoms with E-state index in [1.807, 2.05) is 0 Å². The first-order valence-corrected chi connectivity index (χ1v) is 8.26. The molecule has 10 heteroatoms. The van der Waals surface area contributed by atoms with Crippen LogP contribution in [0.1, 0.15) is 15.9 Å². The summed E-state index contributed by atoms with van der Waals surface area (Å²) in [6, 6.07) is 5.99. The second-order valence-electron chi connectivity index (χ2n) is 5.92. The molecule has 0 radical (unpaired) electrons. The zero-order chi connectivity index (χ0) is 21.0. The number of carbonyl (C=O) groups excluding carboxylic acids is 1. The van der Waals surface area contributed by atoms with E-state index in [-0.39, 0.29) is 19.4 Å². The van der Waals surface area contributed by atoms with Crippen molar-refractivity contribution in [3.05, 3.63) is 77.1 Å².